The molecule has 4 heterocycles. The van der Waals surface area contributed by atoms with Crippen molar-refractivity contribution in [1.82, 2.24) is 29.0 Å². The van der Waals surface area contributed by atoms with Crippen LogP contribution in [-0.2, 0) is 0 Å². The van der Waals surface area contributed by atoms with Crippen LogP contribution >= 0.6 is 0 Å². The van der Waals surface area contributed by atoms with Crippen molar-refractivity contribution in [1.29, 1.82) is 0 Å². The van der Waals surface area contributed by atoms with E-state index in [0.717, 1.165) is 33.7 Å². The van der Waals surface area contributed by atoms with Crippen molar-refractivity contribution < 1.29 is 14.3 Å². The largest absolute Gasteiger partial charge is 0.497 e. The van der Waals surface area contributed by atoms with Crippen molar-refractivity contribution in [2.75, 3.05) is 7.11 Å². The molecule has 0 bridgehead atoms. The summed E-state index contributed by atoms with van der Waals surface area (Å²) in [5.41, 5.74) is 5.14. The van der Waals surface area contributed by atoms with Gasteiger partial charge in [-0.05, 0) is 50.6 Å². The third kappa shape index (κ3) is 2.91. The topological polar surface area (TPSA) is 94.6 Å². The van der Waals surface area contributed by atoms with E-state index in [-0.39, 0.29) is 11.8 Å². The number of ether oxygens (including phenoxy) is 1. The van der Waals surface area contributed by atoms with Gasteiger partial charge in [0, 0.05) is 11.8 Å². The summed E-state index contributed by atoms with van der Waals surface area (Å²) in [7, 11) is 1.64. The van der Waals surface area contributed by atoms with Gasteiger partial charge in [0.25, 0.3) is 11.8 Å². The lowest BCUT2D eigenvalue weighted by molar-refractivity contribution is 0.0589. The summed E-state index contributed by atoms with van der Waals surface area (Å²) < 4.78 is 9.07. The lowest BCUT2D eigenvalue weighted by atomic mass is 10.1. The van der Waals surface area contributed by atoms with E-state index in [1.807, 2.05) is 38.1 Å². The molecular formula is C26H22N6O3. The van der Waals surface area contributed by atoms with Crippen molar-refractivity contribution in [3.05, 3.63) is 83.1 Å². The van der Waals surface area contributed by atoms with E-state index in [1.54, 1.807) is 49.1 Å². The fourth-order valence-corrected chi connectivity index (χ4v) is 4.79. The van der Waals surface area contributed by atoms with E-state index in [9.17, 15) is 9.59 Å². The van der Waals surface area contributed by atoms with Gasteiger partial charge in [-0.25, -0.2) is 14.5 Å². The van der Waals surface area contributed by atoms with Crippen LogP contribution in [-0.4, -0.2) is 48.0 Å². The predicted octanol–water partition coefficient (Wildman–Crippen LogP) is 4.05. The molecule has 0 aliphatic carbocycles. The van der Waals surface area contributed by atoms with Gasteiger partial charge in [-0.3, -0.25) is 19.1 Å². The van der Waals surface area contributed by atoms with Gasteiger partial charge in [0.2, 0.25) is 0 Å². The van der Waals surface area contributed by atoms with Crippen molar-refractivity contribution in [3.8, 4) is 11.4 Å². The lowest BCUT2D eigenvalue weighted by Gasteiger charge is -2.19. The van der Waals surface area contributed by atoms with Crippen LogP contribution < -0.4 is 4.74 Å². The van der Waals surface area contributed by atoms with Gasteiger partial charge in [-0.15, -0.1) is 5.10 Å². The maximum absolute atomic E-state index is 13.0. The van der Waals surface area contributed by atoms with E-state index in [0.29, 0.717) is 22.6 Å². The molecule has 9 heteroatoms. The molecule has 0 saturated heterocycles. The maximum Gasteiger partial charge on any atom is 0.262 e. The molecule has 2 amide bonds. The molecule has 0 N–H and O–H groups in total. The molecule has 1 aliphatic rings. The number of amides is 2. The van der Waals surface area contributed by atoms with E-state index in [1.165, 1.54) is 4.90 Å². The molecule has 35 heavy (non-hydrogen) atoms. The summed E-state index contributed by atoms with van der Waals surface area (Å²) in [6.45, 7) is 5.82. The Morgan fingerprint density at radius 1 is 0.943 bits per heavy atom. The molecule has 2 aromatic carbocycles. The van der Waals surface area contributed by atoms with Gasteiger partial charge in [0.05, 0.1) is 35.4 Å². The summed E-state index contributed by atoms with van der Waals surface area (Å²) in [6.07, 6.45) is 1.61. The van der Waals surface area contributed by atoms with Gasteiger partial charge >= 0.3 is 0 Å². The van der Waals surface area contributed by atoms with E-state index >= 15 is 0 Å². The van der Waals surface area contributed by atoms with Crippen LogP contribution in [0.25, 0.3) is 22.4 Å². The number of hydrogen-bond donors (Lipinski definition) is 0. The summed E-state index contributed by atoms with van der Waals surface area (Å²) in [5.74, 6) is 0.454. The zero-order chi connectivity index (χ0) is 24.4. The number of nitrogens with zero attached hydrogens (tertiary/aromatic N) is 6. The average Bonchev–Trinajstić information content (AvgIpc) is 3.50. The molecule has 0 fully saturated rings. The average molecular weight is 467 g/mol. The number of methoxy groups -OCH3 is 1. The normalized spacial score (nSPS) is 14.2. The molecule has 174 valence electrons. The standard InChI is InChI=1S/C26H22N6O3/c1-14-15(2)31(17-8-7-9-18(12-17)35-4)23-21(14)24-28-22(29-30(24)13-27-23)16(3)32-25(33)19-10-5-6-11-20(19)26(32)34/h5-13,16H,1-4H3. The SMILES string of the molecule is COc1cccc(-n2c(C)c(C)c3c2ncn2nc(C(C)N4C(=O)c5ccccc5C4=O)nc32)c1. The minimum Gasteiger partial charge on any atom is -0.497 e. The smallest absolute Gasteiger partial charge is 0.262 e. The van der Waals surface area contributed by atoms with E-state index in [4.69, 9.17) is 14.7 Å². The second-order valence-electron chi connectivity index (χ2n) is 8.63. The first-order chi connectivity index (χ1) is 16.9. The first-order valence-electron chi connectivity index (χ1n) is 11.2. The van der Waals surface area contributed by atoms with E-state index < -0.39 is 6.04 Å². The number of imide groups is 1. The molecule has 6 rings (SSSR count). The number of rotatable bonds is 4. The molecule has 3 aromatic heterocycles. The number of aromatic nitrogens is 5. The summed E-state index contributed by atoms with van der Waals surface area (Å²) >= 11 is 0. The molecule has 0 radical (unpaired) electrons. The van der Waals surface area contributed by atoms with Crippen molar-refractivity contribution in [3.63, 3.8) is 0 Å². The zero-order valence-electron chi connectivity index (χ0n) is 19.7. The summed E-state index contributed by atoms with van der Waals surface area (Å²) in [4.78, 5) is 36.7. The van der Waals surface area contributed by atoms with Crippen LogP contribution in [0.15, 0.2) is 54.9 Å². The molecular weight excluding hydrogens is 444 g/mol. The number of benzene rings is 2. The Bertz CT molecular complexity index is 1650. The van der Waals surface area contributed by atoms with Gasteiger partial charge in [-0.1, -0.05) is 18.2 Å². The van der Waals surface area contributed by atoms with Crippen LogP contribution in [0.5, 0.6) is 5.75 Å². The van der Waals surface area contributed by atoms with E-state index in [2.05, 4.69) is 9.67 Å². The number of aryl methyl sites for hydroxylation is 1. The number of carbonyl (C=O) groups is 2. The third-order valence-electron chi connectivity index (χ3n) is 6.75. The Hall–Kier alpha value is -4.53. The Labute approximate surface area is 200 Å². The van der Waals surface area contributed by atoms with Gasteiger partial charge in [0.15, 0.2) is 17.1 Å². The highest BCUT2D eigenvalue weighted by molar-refractivity contribution is 6.21. The van der Waals surface area contributed by atoms with Gasteiger partial charge in [0.1, 0.15) is 12.1 Å². The Balaban J connectivity index is 1.48. The number of fused-ring (bicyclic) bond motifs is 4. The van der Waals surface area contributed by atoms with Crippen LogP contribution in [0, 0.1) is 13.8 Å². The third-order valence-corrected chi connectivity index (χ3v) is 6.75. The molecule has 0 spiro atoms. The van der Waals surface area contributed by atoms with Gasteiger partial charge < -0.3 is 4.74 Å². The molecule has 1 atom stereocenters. The molecule has 5 aromatic rings. The van der Waals surface area contributed by atoms with Crippen LogP contribution in [0.2, 0.25) is 0 Å². The van der Waals surface area contributed by atoms with Crippen molar-refractivity contribution in [2.45, 2.75) is 26.8 Å². The Morgan fingerprint density at radius 2 is 1.66 bits per heavy atom. The number of carbonyl (C=O) groups excluding carboxylic acids is 2. The highest BCUT2D eigenvalue weighted by Crippen LogP contribution is 2.33. The maximum atomic E-state index is 13.0. The fraction of sp³-hybridized carbons (Fsp3) is 0.192. The first-order valence-corrected chi connectivity index (χ1v) is 11.2. The summed E-state index contributed by atoms with van der Waals surface area (Å²) in [6, 6.07) is 14.0. The van der Waals surface area contributed by atoms with Crippen LogP contribution in [0.3, 0.4) is 0 Å². The van der Waals surface area contributed by atoms with Gasteiger partial charge in [-0.2, -0.15) is 0 Å². The van der Waals surface area contributed by atoms with Crippen molar-refractivity contribution >= 4 is 28.5 Å². The first kappa shape index (κ1) is 21.0. The molecule has 0 saturated carbocycles. The molecule has 1 unspecified atom stereocenters. The number of hydrogen-bond acceptors (Lipinski definition) is 6. The fourth-order valence-electron chi connectivity index (χ4n) is 4.79. The predicted molar refractivity (Wildman–Crippen MR) is 129 cm³/mol. The highest BCUT2D eigenvalue weighted by Gasteiger charge is 2.40. The minimum atomic E-state index is -0.640. The molecule has 9 nitrogen and oxygen atoms in total. The van der Waals surface area contributed by atoms with Crippen LogP contribution in [0.4, 0.5) is 0 Å². The lowest BCUT2D eigenvalue weighted by Crippen LogP contribution is -2.33. The second-order valence-corrected chi connectivity index (χ2v) is 8.63. The van der Waals surface area contributed by atoms with Crippen LogP contribution in [0.1, 0.15) is 50.8 Å². The highest BCUT2D eigenvalue weighted by atomic mass is 16.5. The van der Waals surface area contributed by atoms with Crippen molar-refractivity contribution in [2.24, 2.45) is 0 Å². The minimum absolute atomic E-state index is 0.337. The zero-order valence-corrected chi connectivity index (χ0v) is 19.7. The Kier molecular flexibility index (Phi) is 4.50. The Morgan fingerprint density at radius 3 is 2.34 bits per heavy atom. The second kappa shape index (κ2) is 7.49. The monoisotopic (exact) mass is 466 g/mol. The quantitative estimate of drug-likeness (QED) is 0.371. The summed E-state index contributed by atoms with van der Waals surface area (Å²) in [5, 5.41) is 5.45. The molecule has 1 aliphatic heterocycles.